The minimum atomic E-state index is 0.374. The van der Waals surface area contributed by atoms with Crippen molar-refractivity contribution in [2.45, 2.75) is 45.6 Å². The number of hydrogen-bond acceptors (Lipinski definition) is 3. The third kappa shape index (κ3) is 2.58. The van der Waals surface area contributed by atoms with Crippen molar-refractivity contribution in [3.8, 4) is 0 Å². The minimum absolute atomic E-state index is 0.374. The molecular formula is C11H18N4S. The maximum absolute atomic E-state index is 5.67. The average molecular weight is 238 g/mol. The predicted molar refractivity (Wildman–Crippen MR) is 67.2 cm³/mol. The molecule has 0 aliphatic heterocycles. The molecule has 0 saturated heterocycles. The van der Waals surface area contributed by atoms with E-state index in [9.17, 15) is 0 Å². The molecule has 1 aromatic heterocycles. The van der Waals surface area contributed by atoms with Gasteiger partial charge in [0.25, 0.3) is 0 Å². The van der Waals surface area contributed by atoms with Crippen molar-refractivity contribution in [1.29, 1.82) is 0 Å². The smallest absolute Gasteiger partial charge is 0.143 e. The first-order valence-electron chi connectivity index (χ1n) is 5.94. The van der Waals surface area contributed by atoms with Gasteiger partial charge in [-0.3, -0.25) is 0 Å². The topological polar surface area (TPSA) is 56.7 Å². The van der Waals surface area contributed by atoms with Gasteiger partial charge in [-0.1, -0.05) is 30.8 Å². The summed E-state index contributed by atoms with van der Waals surface area (Å²) >= 11 is 5.01. The Hall–Kier alpha value is -0.970. The van der Waals surface area contributed by atoms with E-state index in [4.69, 9.17) is 18.0 Å². The van der Waals surface area contributed by atoms with Crippen LogP contribution >= 0.6 is 12.2 Å². The van der Waals surface area contributed by atoms with Crippen LogP contribution in [0.15, 0.2) is 0 Å². The number of aromatic nitrogens is 3. The highest BCUT2D eigenvalue weighted by Gasteiger charge is 2.26. The van der Waals surface area contributed by atoms with E-state index in [-0.39, 0.29) is 0 Å². The summed E-state index contributed by atoms with van der Waals surface area (Å²) in [5, 5.41) is 8.25. The Labute approximate surface area is 101 Å². The van der Waals surface area contributed by atoms with Crippen LogP contribution in [0.5, 0.6) is 0 Å². The van der Waals surface area contributed by atoms with Gasteiger partial charge >= 0.3 is 0 Å². The molecule has 2 N–H and O–H groups in total. The Morgan fingerprint density at radius 1 is 1.56 bits per heavy atom. The molecule has 0 radical (unpaired) electrons. The molecule has 0 atom stereocenters. The summed E-state index contributed by atoms with van der Waals surface area (Å²) in [7, 11) is 0. The quantitative estimate of drug-likeness (QED) is 0.766. The van der Waals surface area contributed by atoms with Crippen molar-refractivity contribution >= 4 is 17.2 Å². The second kappa shape index (κ2) is 4.91. The van der Waals surface area contributed by atoms with Crippen LogP contribution in [0.3, 0.4) is 0 Å². The van der Waals surface area contributed by atoms with E-state index in [1.165, 1.54) is 12.8 Å². The van der Waals surface area contributed by atoms with Crippen molar-refractivity contribution in [2.24, 2.45) is 11.7 Å². The molecule has 1 aliphatic rings. The van der Waals surface area contributed by atoms with Gasteiger partial charge in [0, 0.05) is 6.54 Å². The summed E-state index contributed by atoms with van der Waals surface area (Å²) in [5.41, 5.74) is 7.54. The number of rotatable bonds is 6. The summed E-state index contributed by atoms with van der Waals surface area (Å²) in [6, 6.07) is 0. The Balaban J connectivity index is 2.17. The molecule has 0 aromatic carbocycles. The maximum atomic E-state index is 5.67. The molecular weight excluding hydrogens is 220 g/mol. The Morgan fingerprint density at radius 2 is 2.31 bits per heavy atom. The normalized spacial score (nSPS) is 15.3. The molecule has 1 saturated carbocycles. The number of hydrogen-bond donors (Lipinski definition) is 1. The van der Waals surface area contributed by atoms with Gasteiger partial charge in [0.15, 0.2) is 0 Å². The van der Waals surface area contributed by atoms with Gasteiger partial charge in [0.2, 0.25) is 0 Å². The molecule has 1 heterocycles. The standard InChI is InChI=1S/C11H18N4S/c1-2-3-6-15-9(7-8-4-5-8)10(11(12)16)13-14-15/h8H,2-7H2,1H3,(H2,12,16). The summed E-state index contributed by atoms with van der Waals surface area (Å²) in [6.07, 6.45) is 5.94. The molecule has 0 bridgehead atoms. The van der Waals surface area contributed by atoms with E-state index in [0.29, 0.717) is 4.99 Å². The molecule has 1 aromatic rings. The van der Waals surface area contributed by atoms with Gasteiger partial charge in [-0.05, 0) is 31.6 Å². The molecule has 5 heteroatoms. The minimum Gasteiger partial charge on any atom is -0.388 e. The van der Waals surface area contributed by atoms with Crippen molar-refractivity contribution in [3.63, 3.8) is 0 Å². The van der Waals surface area contributed by atoms with E-state index in [0.717, 1.165) is 43.1 Å². The second-order valence-corrected chi connectivity index (χ2v) is 4.91. The zero-order valence-corrected chi connectivity index (χ0v) is 10.5. The predicted octanol–water partition coefficient (Wildman–Crippen LogP) is 1.66. The fourth-order valence-electron chi connectivity index (χ4n) is 1.81. The summed E-state index contributed by atoms with van der Waals surface area (Å²) in [5.74, 6) is 0.798. The molecule has 0 amide bonds. The van der Waals surface area contributed by atoms with Crippen LogP contribution in [0.2, 0.25) is 0 Å². The fourth-order valence-corrected chi connectivity index (χ4v) is 1.97. The largest absolute Gasteiger partial charge is 0.388 e. The van der Waals surface area contributed by atoms with Gasteiger partial charge in [-0.2, -0.15) is 0 Å². The molecule has 0 spiro atoms. The molecule has 1 fully saturated rings. The van der Waals surface area contributed by atoms with E-state index in [1.54, 1.807) is 0 Å². The lowest BCUT2D eigenvalue weighted by atomic mass is 10.1. The monoisotopic (exact) mass is 238 g/mol. The van der Waals surface area contributed by atoms with Crippen molar-refractivity contribution < 1.29 is 0 Å². The van der Waals surface area contributed by atoms with Crippen LogP contribution < -0.4 is 5.73 Å². The van der Waals surface area contributed by atoms with Crippen LogP contribution in [0.4, 0.5) is 0 Å². The first-order valence-corrected chi connectivity index (χ1v) is 6.35. The third-order valence-corrected chi connectivity index (χ3v) is 3.17. The van der Waals surface area contributed by atoms with Crippen LogP contribution in [0.1, 0.15) is 44.0 Å². The molecule has 1 aliphatic carbocycles. The Kier molecular flexibility index (Phi) is 3.53. The van der Waals surface area contributed by atoms with Crippen molar-refractivity contribution in [3.05, 3.63) is 11.4 Å². The van der Waals surface area contributed by atoms with Crippen LogP contribution in [-0.2, 0) is 13.0 Å². The zero-order chi connectivity index (χ0) is 11.5. The Bertz CT molecular complexity index is 381. The van der Waals surface area contributed by atoms with Gasteiger partial charge in [0.1, 0.15) is 10.7 Å². The van der Waals surface area contributed by atoms with Gasteiger partial charge in [-0.25, -0.2) is 4.68 Å². The molecule has 88 valence electrons. The van der Waals surface area contributed by atoms with Gasteiger partial charge in [0.05, 0.1) is 5.69 Å². The zero-order valence-electron chi connectivity index (χ0n) is 9.65. The lowest BCUT2D eigenvalue weighted by Crippen LogP contribution is -2.15. The number of thiocarbonyl (C=S) groups is 1. The van der Waals surface area contributed by atoms with Crippen LogP contribution in [0.25, 0.3) is 0 Å². The number of nitrogens with zero attached hydrogens (tertiary/aromatic N) is 3. The number of unbranched alkanes of at least 4 members (excludes halogenated alkanes) is 1. The number of nitrogens with two attached hydrogens (primary N) is 1. The molecule has 4 nitrogen and oxygen atoms in total. The van der Waals surface area contributed by atoms with Crippen LogP contribution in [-0.4, -0.2) is 20.0 Å². The number of aryl methyl sites for hydroxylation is 1. The van der Waals surface area contributed by atoms with E-state index in [1.807, 2.05) is 4.68 Å². The van der Waals surface area contributed by atoms with E-state index in [2.05, 4.69) is 17.2 Å². The average Bonchev–Trinajstić information content (AvgIpc) is 2.96. The fraction of sp³-hybridized carbons (Fsp3) is 0.727. The highest BCUT2D eigenvalue weighted by atomic mass is 32.1. The highest BCUT2D eigenvalue weighted by Crippen LogP contribution is 2.33. The van der Waals surface area contributed by atoms with E-state index >= 15 is 0 Å². The van der Waals surface area contributed by atoms with Crippen molar-refractivity contribution in [2.75, 3.05) is 0 Å². The molecule has 16 heavy (non-hydrogen) atoms. The first kappa shape index (κ1) is 11.5. The summed E-state index contributed by atoms with van der Waals surface area (Å²) in [4.78, 5) is 0.374. The summed E-state index contributed by atoms with van der Waals surface area (Å²) < 4.78 is 1.98. The second-order valence-electron chi connectivity index (χ2n) is 4.47. The highest BCUT2D eigenvalue weighted by molar-refractivity contribution is 7.80. The lowest BCUT2D eigenvalue weighted by Gasteiger charge is -2.06. The van der Waals surface area contributed by atoms with Gasteiger partial charge in [-0.15, -0.1) is 5.10 Å². The SMILES string of the molecule is CCCCn1nnc(C(N)=S)c1CC1CC1. The molecule has 0 unspecified atom stereocenters. The first-order chi connectivity index (χ1) is 7.72. The summed E-state index contributed by atoms with van der Waals surface area (Å²) in [6.45, 7) is 3.10. The van der Waals surface area contributed by atoms with Crippen molar-refractivity contribution in [1.82, 2.24) is 15.0 Å². The lowest BCUT2D eigenvalue weighted by molar-refractivity contribution is 0.526. The van der Waals surface area contributed by atoms with E-state index < -0.39 is 0 Å². The third-order valence-electron chi connectivity index (χ3n) is 2.97. The van der Waals surface area contributed by atoms with Crippen LogP contribution in [0, 0.1) is 5.92 Å². The molecule has 2 rings (SSSR count). The van der Waals surface area contributed by atoms with Gasteiger partial charge < -0.3 is 5.73 Å². The Morgan fingerprint density at radius 3 is 2.88 bits per heavy atom. The maximum Gasteiger partial charge on any atom is 0.143 e.